The predicted octanol–water partition coefficient (Wildman–Crippen LogP) is 1.80. The Labute approximate surface area is 106 Å². The normalized spacial score (nSPS) is 11.8. The van der Waals surface area contributed by atoms with E-state index < -0.39 is 0 Å². The third kappa shape index (κ3) is 2.07. The van der Waals surface area contributed by atoms with Crippen molar-refractivity contribution in [2.75, 3.05) is 0 Å². The lowest BCUT2D eigenvalue weighted by Gasteiger charge is -2.02. The second kappa shape index (κ2) is 4.52. The van der Waals surface area contributed by atoms with E-state index in [2.05, 4.69) is 36.1 Å². The Morgan fingerprint density at radius 1 is 1.33 bits per heavy atom. The first kappa shape index (κ1) is 12.2. The molecule has 0 unspecified atom stereocenters. The Balaban J connectivity index is 2.49. The Bertz CT molecular complexity index is 613. The fourth-order valence-electron chi connectivity index (χ4n) is 1.79. The summed E-state index contributed by atoms with van der Waals surface area (Å²) in [6, 6.07) is 6.15. The van der Waals surface area contributed by atoms with Crippen LogP contribution in [0.2, 0.25) is 0 Å². The van der Waals surface area contributed by atoms with Crippen molar-refractivity contribution in [2.45, 2.75) is 13.8 Å². The molecule has 5 heteroatoms. The van der Waals surface area contributed by atoms with Gasteiger partial charge in [0.1, 0.15) is 0 Å². The van der Waals surface area contributed by atoms with Crippen molar-refractivity contribution >= 4 is 5.84 Å². The van der Waals surface area contributed by atoms with Crippen molar-refractivity contribution in [3.05, 3.63) is 41.3 Å². The lowest BCUT2D eigenvalue weighted by atomic mass is 10.1. The molecule has 18 heavy (non-hydrogen) atoms. The number of rotatable bonds is 2. The minimum Gasteiger partial charge on any atom is -0.409 e. The zero-order valence-electron chi connectivity index (χ0n) is 10.7. The molecule has 2 aromatic rings. The van der Waals surface area contributed by atoms with E-state index in [1.807, 2.05) is 19.3 Å². The second-order valence-electron chi connectivity index (χ2n) is 4.34. The van der Waals surface area contributed by atoms with Crippen LogP contribution in [0.5, 0.6) is 0 Å². The maximum atomic E-state index is 8.68. The minimum absolute atomic E-state index is 0.00702. The Hall–Kier alpha value is -2.30. The van der Waals surface area contributed by atoms with Gasteiger partial charge in [0.2, 0.25) is 5.84 Å². The fourth-order valence-corrected chi connectivity index (χ4v) is 1.79. The van der Waals surface area contributed by atoms with E-state index in [1.54, 1.807) is 4.57 Å². The van der Waals surface area contributed by atoms with Crippen molar-refractivity contribution < 1.29 is 5.21 Å². The van der Waals surface area contributed by atoms with Gasteiger partial charge in [-0.25, -0.2) is 4.98 Å². The molecule has 1 aromatic carbocycles. The Kier molecular flexibility index (Phi) is 3.06. The summed E-state index contributed by atoms with van der Waals surface area (Å²) in [4.78, 5) is 4.37. The number of nitrogens with zero attached hydrogens (tertiary/aromatic N) is 3. The van der Waals surface area contributed by atoms with Gasteiger partial charge in [0, 0.05) is 18.8 Å². The van der Waals surface area contributed by atoms with E-state index in [-0.39, 0.29) is 5.84 Å². The van der Waals surface area contributed by atoms with Gasteiger partial charge in [-0.15, -0.1) is 0 Å². The number of imidazole rings is 1. The van der Waals surface area contributed by atoms with E-state index in [9.17, 15) is 0 Å². The first-order chi connectivity index (χ1) is 8.52. The van der Waals surface area contributed by atoms with Gasteiger partial charge in [0.25, 0.3) is 0 Å². The van der Waals surface area contributed by atoms with E-state index in [1.165, 1.54) is 11.1 Å². The van der Waals surface area contributed by atoms with Crippen molar-refractivity contribution in [3.63, 3.8) is 0 Å². The first-order valence-electron chi connectivity index (χ1n) is 5.62. The SMILES string of the molecule is Cc1ccc(-c2cn(C)c(/C(N)=N/O)n2)cc1C. The average molecular weight is 244 g/mol. The maximum Gasteiger partial charge on any atom is 0.206 e. The van der Waals surface area contributed by atoms with Gasteiger partial charge in [0.05, 0.1) is 5.69 Å². The fraction of sp³-hybridized carbons (Fsp3) is 0.231. The van der Waals surface area contributed by atoms with E-state index in [0.717, 1.165) is 11.3 Å². The summed E-state index contributed by atoms with van der Waals surface area (Å²) < 4.78 is 1.74. The van der Waals surface area contributed by atoms with Gasteiger partial charge in [-0.05, 0) is 31.0 Å². The zero-order valence-corrected chi connectivity index (χ0v) is 10.7. The molecule has 2 rings (SSSR count). The largest absolute Gasteiger partial charge is 0.409 e. The lowest BCUT2D eigenvalue weighted by molar-refractivity contribution is 0.318. The molecule has 0 bridgehead atoms. The van der Waals surface area contributed by atoms with E-state index in [0.29, 0.717) is 5.82 Å². The highest BCUT2D eigenvalue weighted by Gasteiger charge is 2.11. The highest BCUT2D eigenvalue weighted by atomic mass is 16.4. The second-order valence-corrected chi connectivity index (χ2v) is 4.34. The van der Waals surface area contributed by atoms with E-state index in [4.69, 9.17) is 10.9 Å². The van der Waals surface area contributed by atoms with Gasteiger partial charge in [-0.3, -0.25) is 0 Å². The molecule has 0 spiro atoms. The number of hydrogen-bond donors (Lipinski definition) is 2. The Morgan fingerprint density at radius 2 is 2.06 bits per heavy atom. The van der Waals surface area contributed by atoms with Crippen molar-refractivity contribution in [1.29, 1.82) is 0 Å². The third-order valence-corrected chi connectivity index (χ3v) is 3.02. The van der Waals surface area contributed by atoms with Crippen LogP contribution in [0.3, 0.4) is 0 Å². The minimum atomic E-state index is 0.00702. The van der Waals surface area contributed by atoms with Gasteiger partial charge in [-0.1, -0.05) is 17.3 Å². The number of aryl methyl sites for hydroxylation is 3. The van der Waals surface area contributed by atoms with Gasteiger partial charge >= 0.3 is 0 Å². The van der Waals surface area contributed by atoms with Crippen LogP contribution >= 0.6 is 0 Å². The summed E-state index contributed by atoms with van der Waals surface area (Å²) >= 11 is 0. The molecule has 0 amide bonds. The number of benzene rings is 1. The molecule has 5 nitrogen and oxygen atoms in total. The third-order valence-electron chi connectivity index (χ3n) is 3.02. The number of hydrogen-bond acceptors (Lipinski definition) is 3. The summed E-state index contributed by atoms with van der Waals surface area (Å²) in [7, 11) is 1.81. The number of oxime groups is 1. The molecule has 0 atom stereocenters. The van der Waals surface area contributed by atoms with Crippen molar-refractivity contribution in [3.8, 4) is 11.3 Å². The average Bonchev–Trinajstić information content (AvgIpc) is 2.74. The molecule has 1 aromatic heterocycles. The maximum absolute atomic E-state index is 8.68. The van der Waals surface area contributed by atoms with Crippen LogP contribution in [-0.4, -0.2) is 20.6 Å². The molecule has 0 saturated carbocycles. The highest BCUT2D eigenvalue weighted by Crippen LogP contribution is 2.21. The molecule has 0 aliphatic rings. The quantitative estimate of drug-likeness (QED) is 0.366. The first-order valence-corrected chi connectivity index (χ1v) is 5.62. The van der Waals surface area contributed by atoms with Gasteiger partial charge in [-0.2, -0.15) is 0 Å². The highest BCUT2D eigenvalue weighted by molar-refractivity contribution is 5.94. The molecule has 3 N–H and O–H groups in total. The summed E-state index contributed by atoms with van der Waals surface area (Å²) in [5, 5.41) is 11.7. The molecule has 0 aliphatic heterocycles. The molecule has 0 saturated heterocycles. The number of amidine groups is 1. The molecule has 1 heterocycles. The standard InChI is InChI=1S/C13H16N4O/c1-8-4-5-10(6-9(8)2)11-7-17(3)13(15-11)12(14)16-18/h4-7,18H,1-3H3,(H2,14,16). The lowest BCUT2D eigenvalue weighted by Crippen LogP contribution is -2.18. The zero-order chi connectivity index (χ0) is 13.3. The van der Waals surface area contributed by atoms with E-state index >= 15 is 0 Å². The number of nitrogens with two attached hydrogens (primary N) is 1. The van der Waals surface area contributed by atoms with Crippen molar-refractivity contribution in [2.24, 2.45) is 17.9 Å². The summed E-state index contributed by atoms with van der Waals surface area (Å²) in [5.74, 6) is 0.457. The van der Waals surface area contributed by atoms with Crippen molar-refractivity contribution in [1.82, 2.24) is 9.55 Å². The summed E-state index contributed by atoms with van der Waals surface area (Å²) in [6.07, 6.45) is 1.86. The van der Waals surface area contributed by atoms with Gasteiger partial charge in [0.15, 0.2) is 5.82 Å². The summed E-state index contributed by atoms with van der Waals surface area (Å²) in [5.41, 5.74) is 9.84. The molecule has 0 fully saturated rings. The Morgan fingerprint density at radius 3 is 2.67 bits per heavy atom. The number of aromatic nitrogens is 2. The van der Waals surface area contributed by atoms with Crippen LogP contribution in [0, 0.1) is 13.8 Å². The van der Waals surface area contributed by atoms with Crippen LogP contribution < -0.4 is 5.73 Å². The smallest absolute Gasteiger partial charge is 0.206 e. The van der Waals surface area contributed by atoms with Crippen LogP contribution in [0.15, 0.2) is 29.6 Å². The summed E-state index contributed by atoms with van der Waals surface area (Å²) in [6.45, 7) is 4.13. The van der Waals surface area contributed by atoms with Crippen LogP contribution in [0.4, 0.5) is 0 Å². The topological polar surface area (TPSA) is 76.4 Å². The van der Waals surface area contributed by atoms with Gasteiger partial charge < -0.3 is 15.5 Å². The molecule has 0 aliphatic carbocycles. The molecule has 0 radical (unpaired) electrons. The molecule has 94 valence electrons. The van der Waals surface area contributed by atoms with Crippen LogP contribution in [0.25, 0.3) is 11.3 Å². The van der Waals surface area contributed by atoms with Crippen LogP contribution in [0.1, 0.15) is 17.0 Å². The van der Waals surface area contributed by atoms with Crippen LogP contribution in [-0.2, 0) is 7.05 Å². The monoisotopic (exact) mass is 244 g/mol. The molecular weight excluding hydrogens is 228 g/mol. The predicted molar refractivity (Wildman–Crippen MR) is 70.6 cm³/mol. The molecular formula is C13H16N4O.